The Morgan fingerprint density at radius 3 is 2.92 bits per heavy atom. The van der Waals surface area contributed by atoms with E-state index < -0.39 is 0 Å². The Morgan fingerprint density at radius 1 is 1.62 bits per heavy atom. The number of carbonyl (C=O) groups is 1. The molecule has 3 heteroatoms. The molecule has 0 unspecified atom stereocenters. The molecule has 0 aromatic heterocycles. The summed E-state index contributed by atoms with van der Waals surface area (Å²) < 4.78 is 4.98. The molecule has 0 aromatic rings. The first-order chi connectivity index (χ1) is 6.16. The van der Waals surface area contributed by atoms with E-state index in [0.29, 0.717) is 6.61 Å². The number of hydrogen-bond acceptors (Lipinski definition) is 3. The number of esters is 1. The van der Waals surface area contributed by atoms with Crippen molar-refractivity contribution in [3.63, 3.8) is 0 Å². The van der Waals surface area contributed by atoms with E-state index in [4.69, 9.17) is 4.74 Å². The molecule has 0 N–H and O–H groups in total. The molecular weight excluding hydrogens is 166 g/mol. The van der Waals surface area contributed by atoms with E-state index in [9.17, 15) is 4.79 Å². The zero-order chi connectivity index (χ0) is 9.84. The van der Waals surface area contributed by atoms with Crippen molar-refractivity contribution >= 4 is 5.97 Å². The largest absolute Gasteiger partial charge is 0.463 e. The first-order valence-corrected chi connectivity index (χ1v) is 4.74. The molecule has 1 rings (SSSR count). The zero-order valence-corrected chi connectivity index (χ0v) is 8.59. The van der Waals surface area contributed by atoms with Crippen LogP contribution in [-0.4, -0.2) is 31.1 Å². The second kappa shape index (κ2) is 4.30. The third kappa shape index (κ3) is 2.23. The Hall–Kier alpha value is -0.990. The summed E-state index contributed by atoms with van der Waals surface area (Å²) in [6.07, 6.45) is 1.90. The van der Waals surface area contributed by atoms with Crippen molar-refractivity contribution < 1.29 is 9.53 Å². The van der Waals surface area contributed by atoms with E-state index in [0.717, 1.165) is 30.7 Å². The summed E-state index contributed by atoms with van der Waals surface area (Å²) >= 11 is 0. The smallest absolute Gasteiger partial charge is 0.335 e. The highest BCUT2D eigenvalue weighted by Gasteiger charge is 2.19. The van der Waals surface area contributed by atoms with Crippen LogP contribution in [0.25, 0.3) is 0 Å². The van der Waals surface area contributed by atoms with Crippen molar-refractivity contribution in [3.05, 3.63) is 11.3 Å². The minimum atomic E-state index is -0.147. The Balaban J connectivity index is 2.76. The van der Waals surface area contributed by atoms with Crippen LogP contribution in [0.3, 0.4) is 0 Å². The summed E-state index contributed by atoms with van der Waals surface area (Å²) in [5.74, 6) is -0.147. The van der Waals surface area contributed by atoms with Gasteiger partial charge in [-0.3, -0.25) is 0 Å². The topological polar surface area (TPSA) is 29.5 Å². The monoisotopic (exact) mass is 183 g/mol. The lowest BCUT2D eigenvalue weighted by Crippen LogP contribution is -2.26. The van der Waals surface area contributed by atoms with Crippen LogP contribution in [0.5, 0.6) is 0 Å². The summed E-state index contributed by atoms with van der Waals surface area (Å²) in [7, 11) is 2.01. The predicted molar refractivity (Wildman–Crippen MR) is 51.2 cm³/mol. The Morgan fingerprint density at radius 2 is 2.31 bits per heavy atom. The van der Waals surface area contributed by atoms with Gasteiger partial charge in [0.2, 0.25) is 0 Å². The Labute approximate surface area is 79.4 Å². The highest BCUT2D eigenvalue weighted by Crippen LogP contribution is 2.21. The van der Waals surface area contributed by atoms with Gasteiger partial charge in [0.05, 0.1) is 12.2 Å². The molecule has 0 fully saturated rings. The SMILES string of the molecule is CCOC(=O)C1=C(C)N(C)CCC1. The number of hydrogen-bond donors (Lipinski definition) is 0. The van der Waals surface area contributed by atoms with Crippen LogP contribution >= 0.6 is 0 Å². The third-order valence-corrected chi connectivity index (χ3v) is 2.45. The highest BCUT2D eigenvalue weighted by atomic mass is 16.5. The molecule has 0 spiro atoms. The first kappa shape index (κ1) is 10.1. The van der Waals surface area contributed by atoms with Crippen molar-refractivity contribution in [1.82, 2.24) is 4.90 Å². The minimum Gasteiger partial charge on any atom is -0.463 e. The molecule has 0 radical (unpaired) electrons. The van der Waals surface area contributed by atoms with Gasteiger partial charge in [0.15, 0.2) is 0 Å². The van der Waals surface area contributed by atoms with Gasteiger partial charge in [0.25, 0.3) is 0 Å². The van der Waals surface area contributed by atoms with Crippen LogP contribution in [0, 0.1) is 0 Å². The van der Waals surface area contributed by atoms with Crippen LogP contribution in [0.2, 0.25) is 0 Å². The van der Waals surface area contributed by atoms with Gasteiger partial charge in [0, 0.05) is 19.3 Å². The third-order valence-electron chi connectivity index (χ3n) is 2.45. The van der Waals surface area contributed by atoms with E-state index in [-0.39, 0.29) is 5.97 Å². The molecule has 1 heterocycles. The molecule has 1 aliphatic rings. The maximum Gasteiger partial charge on any atom is 0.335 e. The summed E-state index contributed by atoms with van der Waals surface area (Å²) in [6, 6.07) is 0. The molecule has 0 bridgehead atoms. The second-order valence-corrected chi connectivity index (χ2v) is 3.31. The quantitative estimate of drug-likeness (QED) is 0.608. The van der Waals surface area contributed by atoms with Crippen molar-refractivity contribution in [3.8, 4) is 0 Å². The van der Waals surface area contributed by atoms with Crippen molar-refractivity contribution in [2.75, 3.05) is 20.2 Å². The van der Waals surface area contributed by atoms with E-state index >= 15 is 0 Å². The summed E-state index contributed by atoms with van der Waals surface area (Å²) in [5.41, 5.74) is 1.90. The average Bonchev–Trinajstić information content (AvgIpc) is 2.10. The number of allylic oxidation sites excluding steroid dienone is 1. The van der Waals surface area contributed by atoms with Crippen LogP contribution < -0.4 is 0 Å². The van der Waals surface area contributed by atoms with Crippen LogP contribution in [0.1, 0.15) is 26.7 Å². The molecule has 0 amide bonds. The van der Waals surface area contributed by atoms with Crippen molar-refractivity contribution in [1.29, 1.82) is 0 Å². The van der Waals surface area contributed by atoms with Gasteiger partial charge in [-0.15, -0.1) is 0 Å². The molecule has 0 aromatic carbocycles. The molecule has 3 nitrogen and oxygen atoms in total. The summed E-state index contributed by atoms with van der Waals surface area (Å²) in [6.45, 7) is 5.31. The minimum absolute atomic E-state index is 0.147. The number of carbonyl (C=O) groups excluding carboxylic acids is 1. The molecule has 74 valence electrons. The average molecular weight is 183 g/mol. The van der Waals surface area contributed by atoms with E-state index in [1.165, 1.54) is 0 Å². The highest BCUT2D eigenvalue weighted by molar-refractivity contribution is 5.89. The van der Waals surface area contributed by atoms with Crippen molar-refractivity contribution in [2.45, 2.75) is 26.7 Å². The van der Waals surface area contributed by atoms with Gasteiger partial charge in [-0.2, -0.15) is 0 Å². The maximum atomic E-state index is 11.4. The number of nitrogens with zero attached hydrogens (tertiary/aromatic N) is 1. The molecule has 0 saturated heterocycles. The Bertz CT molecular complexity index is 233. The molecular formula is C10H17NO2. The number of rotatable bonds is 2. The summed E-state index contributed by atoms with van der Waals surface area (Å²) in [5, 5.41) is 0. The van der Waals surface area contributed by atoms with Gasteiger partial charge >= 0.3 is 5.97 Å². The predicted octanol–water partition coefficient (Wildman–Crippen LogP) is 1.55. The van der Waals surface area contributed by atoms with Gasteiger partial charge in [-0.05, 0) is 26.7 Å². The molecule has 13 heavy (non-hydrogen) atoms. The number of ether oxygens (including phenoxy) is 1. The summed E-state index contributed by atoms with van der Waals surface area (Å²) in [4.78, 5) is 13.6. The molecule has 0 saturated carbocycles. The molecule has 0 aliphatic carbocycles. The Kier molecular flexibility index (Phi) is 3.34. The lowest BCUT2D eigenvalue weighted by Gasteiger charge is -2.27. The first-order valence-electron chi connectivity index (χ1n) is 4.74. The lowest BCUT2D eigenvalue weighted by atomic mass is 10.0. The fourth-order valence-electron chi connectivity index (χ4n) is 1.54. The van der Waals surface area contributed by atoms with Gasteiger partial charge in [-0.1, -0.05) is 0 Å². The van der Waals surface area contributed by atoms with Crippen molar-refractivity contribution in [2.24, 2.45) is 0 Å². The zero-order valence-electron chi connectivity index (χ0n) is 8.59. The second-order valence-electron chi connectivity index (χ2n) is 3.31. The standard InChI is InChI=1S/C10H17NO2/c1-4-13-10(12)9-6-5-7-11(3)8(9)2/h4-7H2,1-3H3. The van der Waals surface area contributed by atoms with Gasteiger partial charge < -0.3 is 9.64 Å². The fraction of sp³-hybridized carbons (Fsp3) is 0.700. The van der Waals surface area contributed by atoms with Crippen LogP contribution in [-0.2, 0) is 9.53 Å². The van der Waals surface area contributed by atoms with Crippen LogP contribution in [0.4, 0.5) is 0 Å². The normalized spacial score (nSPS) is 17.6. The van der Waals surface area contributed by atoms with Gasteiger partial charge in [0.1, 0.15) is 0 Å². The van der Waals surface area contributed by atoms with E-state index in [1.807, 2.05) is 20.9 Å². The molecule has 0 atom stereocenters. The maximum absolute atomic E-state index is 11.4. The lowest BCUT2D eigenvalue weighted by molar-refractivity contribution is -0.139. The van der Waals surface area contributed by atoms with Gasteiger partial charge in [-0.25, -0.2) is 4.79 Å². The van der Waals surface area contributed by atoms with Crippen LogP contribution in [0.15, 0.2) is 11.3 Å². The van der Waals surface area contributed by atoms with E-state index in [2.05, 4.69) is 4.90 Å². The molecule has 1 aliphatic heterocycles. The van der Waals surface area contributed by atoms with E-state index in [1.54, 1.807) is 0 Å². The fourth-order valence-corrected chi connectivity index (χ4v) is 1.54.